The van der Waals surface area contributed by atoms with E-state index in [2.05, 4.69) is 12.1 Å². The van der Waals surface area contributed by atoms with Crippen molar-refractivity contribution >= 4 is 12.0 Å². The van der Waals surface area contributed by atoms with Gasteiger partial charge in [0, 0.05) is 19.2 Å². The highest BCUT2D eigenvalue weighted by molar-refractivity contribution is 5.92. The lowest BCUT2D eigenvalue weighted by atomic mass is 9.89. The Kier molecular flexibility index (Phi) is 6.75. The zero-order valence-electron chi connectivity index (χ0n) is 18.1. The normalized spacial score (nSPS) is 14.5. The van der Waals surface area contributed by atoms with Gasteiger partial charge in [-0.1, -0.05) is 36.4 Å². The van der Waals surface area contributed by atoms with Gasteiger partial charge in [0.05, 0.1) is 7.11 Å². The van der Waals surface area contributed by atoms with E-state index in [4.69, 9.17) is 9.47 Å². The number of aromatic hydroxyl groups is 1. The molecule has 32 heavy (non-hydrogen) atoms. The number of methoxy groups -OCH3 is 1. The summed E-state index contributed by atoms with van der Waals surface area (Å²) in [5, 5.41) is 9.69. The molecular formula is C27H27NO4. The van der Waals surface area contributed by atoms with Crippen LogP contribution in [-0.4, -0.2) is 36.1 Å². The van der Waals surface area contributed by atoms with Crippen molar-refractivity contribution in [2.24, 2.45) is 0 Å². The van der Waals surface area contributed by atoms with E-state index in [9.17, 15) is 9.90 Å². The van der Waals surface area contributed by atoms with E-state index in [0.29, 0.717) is 11.7 Å². The van der Waals surface area contributed by atoms with Crippen LogP contribution in [0.1, 0.15) is 29.9 Å². The zero-order chi connectivity index (χ0) is 22.3. The Morgan fingerprint density at radius 1 is 0.969 bits per heavy atom. The van der Waals surface area contributed by atoms with Gasteiger partial charge in [-0.25, -0.2) is 0 Å². The lowest BCUT2D eigenvalue weighted by molar-refractivity contribution is -0.126. The molecule has 0 aromatic heterocycles. The maximum atomic E-state index is 12.6. The summed E-state index contributed by atoms with van der Waals surface area (Å²) < 4.78 is 11.0. The van der Waals surface area contributed by atoms with Crippen LogP contribution in [0.5, 0.6) is 23.0 Å². The number of rotatable bonds is 6. The van der Waals surface area contributed by atoms with Gasteiger partial charge in [0.1, 0.15) is 11.5 Å². The molecule has 1 aliphatic rings. The summed E-state index contributed by atoms with van der Waals surface area (Å²) in [4.78, 5) is 14.5. The molecule has 3 aromatic rings. The van der Waals surface area contributed by atoms with Crippen LogP contribution in [-0.2, 0) is 4.79 Å². The molecule has 5 nitrogen and oxygen atoms in total. The number of para-hydroxylation sites is 1. The first-order valence-corrected chi connectivity index (χ1v) is 10.8. The van der Waals surface area contributed by atoms with Gasteiger partial charge in [-0.15, -0.1) is 0 Å². The second-order valence-corrected chi connectivity index (χ2v) is 7.85. The van der Waals surface area contributed by atoms with Gasteiger partial charge >= 0.3 is 0 Å². The van der Waals surface area contributed by atoms with Gasteiger partial charge in [-0.05, 0) is 72.4 Å². The second kappa shape index (κ2) is 10.1. The molecule has 0 atom stereocenters. The van der Waals surface area contributed by atoms with E-state index in [0.717, 1.165) is 43.0 Å². The molecule has 1 saturated heterocycles. The van der Waals surface area contributed by atoms with Gasteiger partial charge in [0.25, 0.3) is 0 Å². The van der Waals surface area contributed by atoms with Crippen molar-refractivity contribution in [1.29, 1.82) is 0 Å². The summed E-state index contributed by atoms with van der Waals surface area (Å²) in [6, 6.07) is 23.0. The molecule has 5 heteroatoms. The maximum Gasteiger partial charge on any atom is 0.246 e. The van der Waals surface area contributed by atoms with E-state index < -0.39 is 0 Å². The standard InChI is InChI=1S/C27H27NO4/c1-31-26-19-20(7-13-25(26)29)8-14-27(30)28-17-15-22(16-18-28)21-9-11-24(12-10-21)32-23-5-3-2-4-6-23/h2-14,19,22,29H,15-18H2,1H3. The number of benzene rings is 3. The Hall–Kier alpha value is -3.73. The Morgan fingerprint density at radius 3 is 2.34 bits per heavy atom. The summed E-state index contributed by atoms with van der Waals surface area (Å²) in [6.07, 6.45) is 5.21. The molecule has 0 aliphatic carbocycles. The Labute approximate surface area is 188 Å². The summed E-state index contributed by atoms with van der Waals surface area (Å²) in [7, 11) is 1.50. The number of hydrogen-bond donors (Lipinski definition) is 1. The minimum Gasteiger partial charge on any atom is -0.504 e. The fourth-order valence-corrected chi connectivity index (χ4v) is 3.94. The molecule has 0 spiro atoms. The Balaban J connectivity index is 1.30. The quantitative estimate of drug-likeness (QED) is 0.517. The fourth-order valence-electron chi connectivity index (χ4n) is 3.94. The van der Waals surface area contributed by atoms with Crippen molar-refractivity contribution in [3.05, 3.63) is 90.0 Å². The van der Waals surface area contributed by atoms with Crippen molar-refractivity contribution in [2.75, 3.05) is 20.2 Å². The number of carbonyl (C=O) groups is 1. The Morgan fingerprint density at radius 2 is 1.66 bits per heavy atom. The fraction of sp³-hybridized carbons (Fsp3) is 0.222. The lowest BCUT2D eigenvalue weighted by Crippen LogP contribution is -2.36. The van der Waals surface area contributed by atoms with Crippen LogP contribution in [0.15, 0.2) is 78.9 Å². The Bertz CT molecular complexity index is 1070. The maximum absolute atomic E-state index is 12.6. The van der Waals surface area contributed by atoms with Crippen LogP contribution < -0.4 is 9.47 Å². The lowest BCUT2D eigenvalue weighted by Gasteiger charge is -2.31. The van der Waals surface area contributed by atoms with Crippen molar-refractivity contribution in [2.45, 2.75) is 18.8 Å². The van der Waals surface area contributed by atoms with Gasteiger partial charge in [0.15, 0.2) is 11.5 Å². The van der Waals surface area contributed by atoms with Crippen LogP contribution in [0.3, 0.4) is 0 Å². The topological polar surface area (TPSA) is 59.0 Å². The number of nitrogens with zero attached hydrogens (tertiary/aromatic N) is 1. The third-order valence-electron chi connectivity index (χ3n) is 5.76. The molecule has 1 amide bonds. The average molecular weight is 430 g/mol. The van der Waals surface area contributed by atoms with Crippen LogP contribution in [0.25, 0.3) is 6.08 Å². The number of likely N-dealkylation sites (tertiary alicyclic amines) is 1. The molecule has 1 heterocycles. The highest BCUT2D eigenvalue weighted by atomic mass is 16.5. The van der Waals surface area contributed by atoms with E-state index >= 15 is 0 Å². The molecular weight excluding hydrogens is 402 g/mol. The zero-order valence-corrected chi connectivity index (χ0v) is 18.1. The molecule has 0 bridgehead atoms. The van der Waals surface area contributed by atoms with Crippen molar-refractivity contribution < 1.29 is 19.4 Å². The molecule has 4 rings (SSSR count). The van der Waals surface area contributed by atoms with Crippen LogP contribution in [0, 0.1) is 0 Å². The highest BCUT2D eigenvalue weighted by Gasteiger charge is 2.22. The van der Waals surface area contributed by atoms with E-state index in [1.165, 1.54) is 12.7 Å². The van der Waals surface area contributed by atoms with Gasteiger partial charge < -0.3 is 19.5 Å². The molecule has 1 aliphatic heterocycles. The number of carbonyl (C=O) groups excluding carboxylic acids is 1. The number of phenols is 1. The highest BCUT2D eigenvalue weighted by Crippen LogP contribution is 2.31. The smallest absolute Gasteiger partial charge is 0.246 e. The summed E-state index contributed by atoms with van der Waals surface area (Å²) in [5.74, 6) is 2.56. The first-order chi connectivity index (χ1) is 15.6. The largest absolute Gasteiger partial charge is 0.504 e. The summed E-state index contributed by atoms with van der Waals surface area (Å²) in [6.45, 7) is 1.46. The predicted molar refractivity (Wildman–Crippen MR) is 125 cm³/mol. The third kappa shape index (κ3) is 5.30. The number of phenolic OH excluding ortho intramolecular Hbond substituents is 1. The van der Waals surface area contributed by atoms with Crippen molar-refractivity contribution in [3.63, 3.8) is 0 Å². The predicted octanol–water partition coefficient (Wildman–Crippen LogP) is 5.61. The number of amides is 1. The minimum absolute atomic E-state index is 0.00195. The van der Waals surface area contributed by atoms with Crippen LogP contribution in [0.2, 0.25) is 0 Å². The molecule has 1 fully saturated rings. The molecule has 0 unspecified atom stereocenters. The summed E-state index contributed by atoms with van der Waals surface area (Å²) >= 11 is 0. The SMILES string of the molecule is COc1cc(C=CC(=O)N2CCC(c3ccc(Oc4ccccc4)cc3)CC2)ccc1O. The van der Waals surface area contributed by atoms with Crippen LogP contribution in [0.4, 0.5) is 0 Å². The van der Waals surface area contributed by atoms with E-state index in [1.54, 1.807) is 30.4 Å². The van der Waals surface area contributed by atoms with E-state index in [-0.39, 0.29) is 11.7 Å². The molecule has 1 N–H and O–H groups in total. The molecule has 3 aromatic carbocycles. The number of ether oxygens (including phenoxy) is 2. The van der Waals surface area contributed by atoms with Crippen LogP contribution >= 0.6 is 0 Å². The number of piperidine rings is 1. The average Bonchev–Trinajstić information content (AvgIpc) is 2.84. The minimum atomic E-state index is 0.00195. The first-order valence-electron chi connectivity index (χ1n) is 10.8. The molecule has 0 radical (unpaired) electrons. The third-order valence-corrected chi connectivity index (χ3v) is 5.76. The van der Waals surface area contributed by atoms with Gasteiger partial charge in [0.2, 0.25) is 5.91 Å². The first kappa shape index (κ1) is 21.5. The monoisotopic (exact) mass is 429 g/mol. The van der Waals surface area contributed by atoms with Crippen molar-refractivity contribution in [3.8, 4) is 23.0 Å². The van der Waals surface area contributed by atoms with Gasteiger partial charge in [-0.2, -0.15) is 0 Å². The van der Waals surface area contributed by atoms with Gasteiger partial charge in [-0.3, -0.25) is 4.79 Å². The summed E-state index contributed by atoms with van der Waals surface area (Å²) in [5.41, 5.74) is 2.09. The van der Waals surface area contributed by atoms with Crippen molar-refractivity contribution in [1.82, 2.24) is 4.90 Å². The molecule has 164 valence electrons. The van der Waals surface area contributed by atoms with E-state index in [1.807, 2.05) is 47.4 Å². The second-order valence-electron chi connectivity index (χ2n) is 7.85. The molecule has 0 saturated carbocycles. The number of hydrogen-bond acceptors (Lipinski definition) is 4.